The summed E-state index contributed by atoms with van der Waals surface area (Å²) < 4.78 is 17.2. The third-order valence-electron chi connectivity index (χ3n) is 2.03. The molecule has 3 nitrogen and oxygen atoms in total. The molecule has 64 valence electrons. The van der Waals surface area contributed by atoms with Crippen LogP contribution in [0.2, 0.25) is 0 Å². The standard InChI is InChI=1S/C7H11FO3/c8-4-7(6(9)10)2-1-3-11-5-7/h1-5H2,(H,9,10). The second-order valence-corrected chi connectivity index (χ2v) is 2.88. The van der Waals surface area contributed by atoms with Gasteiger partial charge in [0.1, 0.15) is 12.1 Å². The van der Waals surface area contributed by atoms with Crippen molar-refractivity contribution >= 4 is 5.97 Å². The number of carbonyl (C=O) groups is 1. The van der Waals surface area contributed by atoms with Crippen LogP contribution in [0.1, 0.15) is 12.8 Å². The van der Waals surface area contributed by atoms with Gasteiger partial charge in [-0.3, -0.25) is 4.79 Å². The van der Waals surface area contributed by atoms with Gasteiger partial charge in [-0.05, 0) is 12.8 Å². The second-order valence-electron chi connectivity index (χ2n) is 2.88. The number of alkyl halides is 1. The Hall–Kier alpha value is -0.640. The third-order valence-corrected chi connectivity index (χ3v) is 2.03. The highest BCUT2D eigenvalue weighted by Gasteiger charge is 2.40. The van der Waals surface area contributed by atoms with Gasteiger partial charge >= 0.3 is 5.97 Å². The van der Waals surface area contributed by atoms with E-state index in [9.17, 15) is 9.18 Å². The first-order valence-electron chi connectivity index (χ1n) is 3.58. The van der Waals surface area contributed by atoms with Gasteiger partial charge in [0.15, 0.2) is 0 Å². The first kappa shape index (κ1) is 8.46. The van der Waals surface area contributed by atoms with Gasteiger partial charge in [-0.25, -0.2) is 4.39 Å². The van der Waals surface area contributed by atoms with E-state index >= 15 is 0 Å². The molecular formula is C7H11FO3. The molecule has 1 atom stereocenters. The highest BCUT2D eigenvalue weighted by molar-refractivity contribution is 5.75. The largest absolute Gasteiger partial charge is 0.481 e. The molecule has 11 heavy (non-hydrogen) atoms. The fraction of sp³-hybridized carbons (Fsp3) is 0.857. The van der Waals surface area contributed by atoms with Crippen LogP contribution in [0.5, 0.6) is 0 Å². The Balaban J connectivity index is 2.64. The SMILES string of the molecule is O=C(O)C1(CF)CCCOC1. The molecule has 1 fully saturated rings. The molecule has 0 aromatic heterocycles. The first-order chi connectivity index (χ1) is 5.21. The highest BCUT2D eigenvalue weighted by atomic mass is 19.1. The summed E-state index contributed by atoms with van der Waals surface area (Å²) in [6.07, 6.45) is 1.02. The van der Waals surface area contributed by atoms with E-state index < -0.39 is 18.1 Å². The summed E-state index contributed by atoms with van der Waals surface area (Å²) >= 11 is 0. The zero-order valence-electron chi connectivity index (χ0n) is 6.18. The van der Waals surface area contributed by atoms with Crippen molar-refractivity contribution in [1.29, 1.82) is 0 Å². The minimum absolute atomic E-state index is 0.0127. The van der Waals surface area contributed by atoms with Crippen molar-refractivity contribution in [3.05, 3.63) is 0 Å². The van der Waals surface area contributed by atoms with E-state index in [0.717, 1.165) is 0 Å². The minimum atomic E-state index is -1.25. The molecule has 0 radical (unpaired) electrons. The summed E-state index contributed by atoms with van der Waals surface area (Å²) in [4.78, 5) is 10.6. The lowest BCUT2D eigenvalue weighted by atomic mass is 9.84. The number of aliphatic carboxylic acids is 1. The maximum Gasteiger partial charge on any atom is 0.314 e. The molecular weight excluding hydrogens is 151 g/mol. The quantitative estimate of drug-likeness (QED) is 0.654. The summed E-state index contributed by atoms with van der Waals surface area (Å²) in [5.74, 6) is -1.08. The topological polar surface area (TPSA) is 46.5 Å². The summed E-state index contributed by atoms with van der Waals surface area (Å²) in [6, 6.07) is 0. The Bertz CT molecular complexity index is 152. The van der Waals surface area contributed by atoms with E-state index in [-0.39, 0.29) is 6.61 Å². The van der Waals surface area contributed by atoms with Crippen LogP contribution < -0.4 is 0 Å². The predicted octanol–water partition coefficient (Wildman–Crippen LogP) is 0.837. The number of carboxylic acid groups (broad SMARTS) is 1. The molecule has 1 unspecified atom stereocenters. The normalized spacial score (nSPS) is 31.7. The van der Waals surface area contributed by atoms with Crippen LogP contribution in [-0.2, 0) is 9.53 Å². The number of rotatable bonds is 2. The van der Waals surface area contributed by atoms with Crippen LogP contribution in [0.15, 0.2) is 0 Å². The molecule has 4 heteroatoms. The minimum Gasteiger partial charge on any atom is -0.481 e. The summed E-state index contributed by atoms with van der Waals surface area (Å²) in [6.45, 7) is -0.268. The number of carboxylic acids is 1. The average molecular weight is 162 g/mol. The van der Waals surface area contributed by atoms with E-state index in [1.54, 1.807) is 0 Å². The molecule has 0 aromatic rings. The van der Waals surface area contributed by atoms with Crippen molar-refractivity contribution in [2.45, 2.75) is 12.8 Å². The van der Waals surface area contributed by atoms with E-state index in [1.807, 2.05) is 0 Å². The van der Waals surface area contributed by atoms with Crippen molar-refractivity contribution in [2.75, 3.05) is 19.9 Å². The van der Waals surface area contributed by atoms with Crippen LogP contribution in [0, 0.1) is 5.41 Å². The van der Waals surface area contributed by atoms with Crippen molar-refractivity contribution in [3.8, 4) is 0 Å². The van der Waals surface area contributed by atoms with Crippen molar-refractivity contribution in [2.24, 2.45) is 5.41 Å². The molecule has 0 amide bonds. The van der Waals surface area contributed by atoms with Gasteiger partial charge in [0.05, 0.1) is 6.61 Å². The van der Waals surface area contributed by atoms with Crippen LogP contribution >= 0.6 is 0 Å². The van der Waals surface area contributed by atoms with Gasteiger partial charge in [-0.2, -0.15) is 0 Å². The fourth-order valence-electron chi connectivity index (χ4n) is 1.18. The summed E-state index contributed by atoms with van der Waals surface area (Å²) in [5.41, 5.74) is -1.25. The van der Waals surface area contributed by atoms with E-state index in [1.165, 1.54) is 0 Å². The molecule has 0 bridgehead atoms. The molecule has 0 spiro atoms. The molecule has 1 aliphatic heterocycles. The van der Waals surface area contributed by atoms with Crippen LogP contribution in [0.25, 0.3) is 0 Å². The lowest BCUT2D eigenvalue weighted by molar-refractivity contribution is -0.158. The molecule has 1 aliphatic rings. The van der Waals surface area contributed by atoms with Crippen LogP contribution in [-0.4, -0.2) is 31.0 Å². The number of ether oxygens (including phenoxy) is 1. The van der Waals surface area contributed by atoms with Gasteiger partial charge in [0.2, 0.25) is 0 Å². The summed E-state index contributed by atoms with van der Waals surface area (Å²) in [5, 5.41) is 8.67. The smallest absolute Gasteiger partial charge is 0.314 e. The highest BCUT2D eigenvalue weighted by Crippen LogP contribution is 2.29. The Morgan fingerprint density at radius 1 is 1.73 bits per heavy atom. The van der Waals surface area contributed by atoms with Crippen molar-refractivity contribution < 1.29 is 19.0 Å². The predicted molar refractivity (Wildman–Crippen MR) is 36.1 cm³/mol. The monoisotopic (exact) mass is 162 g/mol. The number of hydrogen-bond donors (Lipinski definition) is 1. The maximum absolute atomic E-state index is 12.3. The Morgan fingerprint density at radius 2 is 2.45 bits per heavy atom. The van der Waals surface area contributed by atoms with Gasteiger partial charge < -0.3 is 9.84 Å². The van der Waals surface area contributed by atoms with Gasteiger partial charge in [0.25, 0.3) is 0 Å². The van der Waals surface area contributed by atoms with Crippen molar-refractivity contribution in [1.82, 2.24) is 0 Å². The van der Waals surface area contributed by atoms with Crippen LogP contribution in [0.4, 0.5) is 4.39 Å². The van der Waals surface area contributed by atoms with Gasteiger partial charge in [-0.1, -0.05) is 0 Å². The number of hydrogen-bond acceptors (Lipinski definition) is 2. The lowest BCUT2D eigenvalue weighted by Gasteiger charge is -2.29. The van der Waals surface area contributed by atoms with Crippen molar-refractivity contribution in [3.63, 3.8) is 0 Å². The molecule has 1 N–H and O–H groups in total. The first-order valence-corrected chi connectivity index (χ1v) is 3.58. The zero-order valence-corrected chi connectivity index (χ0v) is 6.18. The molecule has 0 aromatic carbocycles. The van der Waals surface area contributed by atoms with Gasteiger partial charge in [-0.15, -0.1) is 0 Å². The number of halogens is 1. The Kier molecular flexibility index (Phi) is 2.44. The van der Waals surface area contributed by atoms with Gasteiger partial charge in [0, 0.05) is 6.61 Å². The third kappa shape index (κ3) is 1.50. The zero-order chi connectivity index (χ0) is 8.32. The lowest BCUT2D eigenvalue weighted by Crippen LogP contribution is -2.41. The van der Waals surface area contributed by atoms with E-state index in [0.29, 0.717) is 19.4 Å². The molecule has 1 rings (SSSR count). The Morgan fingerprint density at radius 3 is 2.73 bits per heavy atom. The molecule has 1 heterocycles. The average Bonchev–Trinajstić information content (AvgIpc) is 2.05. The molecule has 1 saturated heterocycles. The van der Waals surface area contributed by atoms with E-state index in [2.05, 4.69) is 0 Å². The second kappa shape index (κ2) is 3.17. The maximum atomic E-state index is 12.3. The summed E-state index contributed by atoms with van der Waals surface area (Å²) in [7, 11) is 0. The molecule has 0 aliphatic carbocycles. The Labute approximate surface area is 64.2 Å². The fourth-order valence-corrected chi connectivity index (χ4v) is 1.18. The van der Waals surface area contributed by atoms with Crippen LogP contribution in [0.3, 0.4) is 0 Å². The van der Waals surface area contributed by atoms with E-state index in [4.69, 9.17) is 9.84 Å². The molecule has 0 saturated carbocycles.